The van der Waals surface area contributed by atoms with Crippen LogP contribution in [-0.4, -0.2) is 31.0 Å². The molecule has 4 aromatic rings. The molecule has 0 saturated heterocycles. The van der Waals surface area contributed by atoms with Crippen LogP contribution in [0.5, 0.6) is 11.5 Å². The van der Waals surface area contributed by atoms with E-state index in [0.717, 1.165) is 10.9 Å². The van der Waals surface area contributed by atoms with E-state index < -0.39 is 0 Å². The number of carbonyl (C=O) groups is 2. The fourth-order valence-corrected chi connectivity index (χ4v) is 3.22. The van der Waals surface area contributed by atoms with Crippen molar-refractivity contribution in [1.29, 1.82) is 0 Å². The maximum atomic E-state index is 12.8. The van der Waals surface area contributed by atoms with Crippen LogP contribution in [0.2, 0.25) is 0 Å². The molecule has 3 N–H and O–H groups in total. The van der Waals surface area contributed by atoms with Gasteiger partial charge in [-0.15, -0.1) is 0 Å². The summed E-state index contributed by atoms with van der Waals surface area (Å²) in [6.45, 7) is 0. The maximum absolute atomic E-state index is 12.8. The van der Waals surface area contributed by atoms with Crippen molar-refractivity contribution >= 4 is 34.1 Å². The molecule has 0 unspecified atom stereocenters. The number of aromatic amines is 1. The van der Waals surface area contributed by atoms with Crippen molar-refractivity contribution in [2.45, 2.75) is 0 Å². The van der Waals surface area contributed by atoms with Gasteiger partial charge < -0.3 is 25.1 Å². The second-order valence-electron chi connectivity index (χ2n) is 6.83. The highest BCUT2D eigenvalue weighted by Gasteiger charge is 2.14. The van der Waals surface area contributed by atoms with Gasteiger partial charge in [-0.05, 0) is 48.5 Å². The Labute approximate surface area is 179 Å². The Morgan fingerprint density at radius 3 is 2.35 bits per heavy atom. The van der Waals surface area contributed by atoms with Gasteiger partial charge in [-0.2, -0.15) is 0 Å². The topological polar surface area (TPSA) is 92.4 Å². The molecule has 31 heavy (non-hydrogen) atoms. The Morgan fingerprint density at radius 2 is 1.61 bits per heavy atom. The molecule has 3 aromatic carbocycles. The largest absolute Gasteiger partial charge is 0.497 e. The van der Waals surface area contributed by atoms with E-state index in [4.69, 9.17) is 9.47 Å². The standard InChI is InChI=1S/C24H21N3O4/c1-30-18-10-8-16-12-21(26-19(16)14-18)24(29)25-17-9-11-22(31-2)20(13-17)27-23(28)15-6-4-3-5-7-15/h3-14,26H,1-2H3,(H,25,29)(H,27,28). The average Bonchev–Trinajstić information content (AvgIpc) is 3.23. The lowest BCUT2D eigenvalue weighted by atomic mass is 10.2. The highest BCUT2D eigenvalue weighted by Crippen LogP contribution is 2.29. The Hall–Kier alpha value is -4.26. The number of H-pyrrole nitrogens is 1. The van der Waals surface area contributed by atoms with Gasteiger partial charge in [0.25, 0.3) is 11.8 Å². The number of benzene rings is 3. The van der Waals surface area contributed by atoms with Gasteiger partial charge in [0.2, 0.25) is 0 Å². The molecule has 0 fully saturated rings. The van der Waals surface area contributed by atoms with Gasteiger partial charge in [0, 0.05) is 28.2 Å². The number of rotatable bonds is 6. The Morgan fingerprint density at radius 1 is 0.806 bits per heavy atom. The van der Waals surface area contributed by atoms with Gasteiger partial charge in [-0.1, -0.05) is 18.2 Å². The third-order valence-corrected chi connectivity index (χ3v) is 4.82. The van der Waals surface area contributed by atoms with E-state index in [9.17, 15) is 9.59 Å². The molecule has 0 bridgehead atoms. The predicted molar refractivity (Wildman–Crippen MR) is 120 cm³/mol. The molecule has 0 aliphatic heterocycles. The summed E-state index contributed by atoms with van der Waals surface area (Å²) in [6.07, 6.45) is 0. The SMILES string of the molecule is COc1ccc2cc(C(=O)Nc3ccc(OC)c(NC(=O)c4ccccc4)c3)[nH]c2c1. The first-order valence-electron chi connectivity index (χ1n) is 9.60. The molecule has 7 nitrogen and oxygen atoms in total. The molecule has 2 amide bonds. The van der Waals surface area contributed by atoms with Crippen molar-refractivity contribution in [1.82, 2.24) is 4.98 Å². The van der Waals surface area contributed by atoms with E-state index >= 15 is 0 Å². The van der Waals surface area contributed by atoms with E-state index in [1.165, 1.54) is 7.11 Å². The summed E-state index contributed by atoms with van der Waals surface area (Å²) in [5.74, 6) is 0.614. The van der Waals surface area contributed by atoms with E-state index in [2.05, 4.69) is 15.6 Å². The number of aromatic nitrogens is 1. The third kappa shape index (κ3) is 4.35. The normalized spacial score (nSPS) is 10.5. The number of hydrogen-bond donors (Lipinski definition) is 3. The lowest BCUT2D eigenvalue weighted by Crippen LogP contribution is -2.14. The Balaban J connectivity index is 1.55. The fourth-order valence-electron chi connectivity index (χ4n) is 3.22. The molecular weight excluding hydrogens is 394 g/mol. The minimum Gasteiger partial charge on any atom is -0.497 e. The quantitative estimate of drug-likeness (QED) is 0.426. The van der Waals surface area contributed by atoms with Gasteiger partial charge in [0.1, 0.15) is 17.2 Å². The van der Waals surface area contributed by atoms with Crippen molar-refractivity contribution in [2.75, 3.05) is 24.9 Å². The molecule has 7 heteroatoms. The van der Waals surface area contributed by atoms with Crippen LogP contribution in [0.4, 0.5) is 11.4 Å². The number of amides is 2. The van der Waals surface area contributed by atoms with Crippen LogP contribution in [0.1, 0.15) is 20.8 Å². The summed E-state index contributed by atoms with van der Waals surface area (Å²) in [7, 11) is 3.11. The number of methoxy groups -OCH3 is 2. The molecule has 0 spiro atoms. The van der Waals surface area contributed by atoms with Gasteiger partial charge >= 0.3 is 0 Å². The molecule has 1 aromatic heterocycles. The lowest BCUT2D eigenvalue weighted by Gasteiger charge is -2.13. The van der Waals surface area contributed by atoms with Gasteiger partial charge in [-0.3, -0.25) is 9.59 Å². The number of anilines is 2. The summed E-state index contributed by atoms with van der Waals surface area (Å²) in [4.78, 5) is 28.4. The second kappa shape index (κ2) is 8.62. The Kier molecular flexibility index (Phi) is 5.57. The maximum Gasteiger partial charge on any atom is 0.272 e. The predicted octanol–water partition coefficient (Wildman–Crippen LogP) is 4.69. The molecular formula is C24H21N3O4. The summed E-state index contributed by atoms with van der Waals surface area (Å²) < 4.78 is 10.6. The number of fused-ring (bicyclic) bond motifs is 1. The van der Waals surface area contributed by atoms with Gasteiger partial charge in [0.05, 0.1) is 19.9 Å². The monoisotopic (exact) mass is 415 g/mol. The summed E-state index contributed by atoms with van der Waals surface area (Å²) in [5.41, 5.74) is 2.71. The third-order valence-electron chi connectivity index (χ3n) is 4.82. The highest BCUT2D eigenvalue weighted by molar-refractivity contribution is 6.08. The van der Waals surface area contributed by atoms with Crippen molar-refractivity contribution in [3.8, 4) is 11.5 Å². The van der Waals surface area contributed by atoms with Crippen molar-refractivity contribution in [2.24, 2.45) is 0 Å². The summed E-state index contributed by atoms with van der Waals surface area (Å²) in [5, 5.41) is 6.57. The molecule has 1 heterocycles. The zero-order valence-electron chi connectivity index (χ0n) is 17.1. The highest BCUT2D eigenvalue weighted by atomic mass is 16.5. The van der Waals surface area contributed by atoms with Gasteiger partial charge in [0.15, 0.2) is 0 Å². The van der Waals surface area contributed by atoms with E-state index in [-0.39, 0.29) is 11.8 Å². The fraction of sp³-hybridized carbons (Fsp3) is 0.0833. The average molecular weight is 415 g/mol. The van der Waals surface area contributed by atoms with E-state index in [1.807, 2.05) is 24.3 Å². The minimum atomic E-state index is -0.305. The first-order chi connectivity index (χ1) is 15.1. The number of hydrogen-bond acceptors (Lipinski definition) is 4. The molecule has 4 rings (SSSR count). The summed E-state index contributed by atoms with van der Waals surface area (Å²) >= 11 is 0. The van der Waals surface area contributed by atoms with Crippen molar-refractivity contribution in [3.05, 3.63) is 84.1 Å². The van der Waals surface area contributed by atoms with E-state index in [1.54, 1.807) is 55.6 Å². The lowest BCUT2D eigenvalue weighted by molar-refractivity contribution is 0.101. The van der Waals surface area contributed by atoms with Crippen LogP contribution in [0, 0.1) is 0 Å². The number of nitrogens with one attached hydrogen (secondary N) is 3. The van der Waals surface area contributed by atoms with Crippen LogP contribution in [-0.2, 0) is 0 Å². The molecule has 0 radical (unpaired) electrons. The first-order valence-corrected chi connectivity index (χ1v) is 9.60. The molecule has 0 atom stereocenters. The number of ether oxygens (including phenoxy) is 2. The Bertz CT molecular complexity index is 1250. The minimum absolute atomic E-state index is 0.271. The van der Waals surface area contributed by atoms with Crippen LogP contribution >= 0.6 is 0 Å². The first kappa shape index (κ1) is 20.0. The van der Waals surface area contributed by atoms with Crippen LogP contribution in [0.15, 0.2) is 72.8 Å². The zero-order valence-corrected chi connectivity index (χ0v) is 17.1. The second-order valence-corrected chi connectivity index (χ2v) is 6.83. The number of carbonyl (C=O) groups excluding carboxylic acids is 2. The van der Waals surface area contributed by atoms with Gasteiger partial charge in [-0.25, -0.2) is 0 Å². The van der Waals surface area contributed by atoms with E-state index in [0.29, 0.717) is 34.1 Å². The van der Waals surface area contributed by atoms with Crippen molar-refractivity contribution in [3.63, 3.8) is 0 Å². The van der Waals surface area contributed by atoms with Crippen LogP contribution in [0.3, 0.4) is 0 Å². The van der Waals surface area contributed by atoms with Crippen molar-refractivity contribution < 1.29 is 19.1 Å². The molecule has 0 aliphatic rings. The molecule has 156 valence electrons. The molecule has 0 aliphatic carbocycles. The molecule has 0 saturated carbocycles. The van der Waals surface area contributed by atoms with Crippen LogP contribution < -0.4 is 20.1 Å². The zero-order chi connectivity index (χ0) is 21.8. The van der Waals surface area contributed by atoms with Crippen LogP contribution in [0.25, 0.3) is 10.9 Å². The summed E-state index contributed by atoms with van der Waals surface area (Å²) in [6, 6.07) is 21.2. The smallest absolute Gasteiger partial charge is 0.272 e.